The van der Waals surface area contributed by atoms with Crippen molar-refractivity contribution in [1.29, 1.82) is 0 Å². The van der Waals surface area contributed by atoms with E-state index in [4.69, 9.17) is 0 Å². The predicted octanol–water partition coefficient (Wildman–Crippen LogP) is 28.0. The molecular weight excluding hydrogens is 1290 g/mol. The lowest BCUT2D eigenvalue weighted by Crippen LogP contribution is -2.10. The Morgan fingerprint density at radius 1 is 0.179 bits per heavy atom. The first-order chi connectivity index (χ1) is 52.5. The molecule has 0 amide bonds. The van der Waals surface area contributed by atoms with E-state index in [1.807, 2.05) is 12.2 Å². The number of hydrogen-bond donors (Lipinski definition) is 0. The zero-order valence-corrected chi connectivity index (χ0v) is 58.4. The molecule has 0 unspecified atom stereocenters. The van der Waals surface area contributed by atoms with Crippen molar-refractivity contribution in [3.05, 3.63) is 425 Å². The van der Waals surface area contributed by atoms with Gasteiger partial charge in [-0.05, 0) is 239 Å². The van der Waals surface area contributed by atoms with Crippen LogP contribution in [0.2, 0.25) is 0 Å². The van der Waals surface area contributed by atoms with Crippen LogP contribution in [0.15, 0.2) is 414 Å². The Balaban J connectivity index is 0.587. The van der Waals surface area contributed by atoms with Gasteiger partial charge in [-0.25, -0.2) is 0 Å². The maximum absolute atomic E-state index is 3.98. The van der Waals surface area contributed by atoms with Gasteiger partial charge in [0, 0.05) is 101 Å². The molecule has 0 aliphatic heterocycles. The van der Waals surface area contributed by atoms with Gasteiger partial charge in [-0.3, -0.25) is 0 Å². The molecule has 0 saturated heterocycles. The molecule has 0 N–H and O–H groups in total. The average molecular weight is 1360 g/mol. The highest BCUT2D eigenvalue weighted by Gasteiger charge is 2.22. The molecule has 2 aromatic heterocycles. The largest absolute Gasteiger partial charge is 0.311 e. The summed E-state index contributed by atoms with van der Waals surface area (Å²) in [6.45, 7) is 7.96. The van der Waals surface area contributed by atoms with Crippen LogP contribution >= 0.6 is 0 Å². The van der Waals surface area contributed by atoms with E-state index in [0.717, 1.165) is 135 Å². The van der Waals surface area contributed by atoms with Gasteiger partial charge >= 0.3 is 0 Å². The number of benzene rings is 16. The molecule has 502 valence electrons. The van der Waals surface area contributed by atoms with Crippen molar-refractivity contribution in [2.45, 2.75) is 0 Å². The first-order valence-electron chi connectivity index (χ1n) is 36.0. The number of aromatic nitrogens is 2. The molecule has 0 spiro atoms. The molecule has 6 heteroatoms. The van der Waals surface area contributed by atoms with E-state index in [0.29, 0.717) is 0 Å². The zero-order chi connectivity index (χ0) is 70.9. The summed E-state index contributed by atoms with van der Waals surface area (Å²) in [5.74, 6) is 0. The van der Waals surface area contributed by atoms with Crippen molar-refractivity contribution in [1.82, 2.24) is 9.13 Å². The number of hydrogen-bond acceptors (Lipinski definition) is 4. The normalized spacial score (nSPS) is 11.3. The van der Waals surface area contributed by atoms with Crippen LogP contribution < -0.4 is 19.6 Å². The first-order valence-corrected chi connectivity index (χ1v) is 36.0. The van der Waals surface area contributed by atoms with Crippen molar-refractivity contribution < 1.29 is 0 Å². The van der Waals surface area contributed by atoms with E-state index in [1.54, 1.807) is 0 Å². The molecular formula is C100H72N6. The summed E-state index contributed by atoms with van der Waals surface area (Å²) < 4.78 is 4.72. The fourth-order valence-corrected chi connectivity index (χ4v) is 15.2. The molecule has 0 saturated carbocycles. The highest BCUT2D eigenvalue weighted by atomic mass is 15.2. The molecule has 6 nitrogen and oxygen atoms in total. The minimum absolute atomic E-state index is 1.07. The Morgan fingerprint density at radius 3 is 0.642 bits per heavy atom. The lowest BCUT2D eigenvalue weighted by atomic mass is 10.0. The Hall–Kier alpha value is -14.2. The Bertz CT molecular complexity index is 5770. The molecule has 18 aromatic rings. The Morgan fingerprint density at radius 2 is 0.387 bits per heavy atom. The third-order valence-electron chi connectivity index (χ3n) is 20.4. The number of anilines is 12. The van der Waals surface area contributed by atoms with Crippen LogP contribution in [0.1, 0.15) is 11.1 Å². The van der Waals surface area contributed by atoms with Crippen LogP contribution in [-0.4, -0.2) is 9.13 Å². The van der Waals surface area contributed by atoms with Crippen LogP contribution in [0.5, 0.6) is 0 Å². The van der Waals surface area contributed by atoms with Crippen LogP contribution in [-0.2, 0) is 0 Å². The van der Waals surface area contributed by atoms with Crippen molar-refractivity contribution in [2.24, 2.45) is 0 Å². The third kappa shape index (κ3) is 12.1. The standard InChI is InChI=1S/C100H72N6/c1-3-71-33-49-89(50-34-71)105-97-31-19-17-29-93(97)95-69-91(65-67-99(95)105)103(81-25-13-7-14-26-81)87-61-45-77(46-62-87)75-41-57-85(58-42-75)101(79-21-9-5-10-22-79)83-53-37-73(38-54-83)74-39-55-84(56-40-74)102(80-23-11-6-12-24-80)86-59-43-76(44-60-86)78-47-63-88(64-48-78)104(82-27-15-8-16-28-82)92-66-68-100-96(70-92)94-30-18-20-32-98(94)106(100)90-51-35-72(4-2)36-52-90/h3-70H,1-2H2. The second kappa shape index (κ2) is 28.0. The van der Waals surface area contributed by atoms with E-state index in [9.17, 15) is 0 Å². The third-order valence-corrected chi connectivity index (χ3v) is 20.4. The maximum Gasteiger partial charge on any atom is 0.0542 e. The molecule has 18 rings (SSSR count). The van der Waals surface area contributed by atoms with Crippen molar-refractivity contribution >= 4 is 124 Å². The smallest absolute Gasteiger partial charge is 0.0542 e. The molecule has 0 fully saturated rings. The summed E-state index contributed by atoms with van der Waals surface area (Å²) in [7, 11) is 0. The number of rotatable bonds is 19. The van der Waals surface area contributed by atoms with Gasteiger partial charge in [0.1, 0.15) is 0 Å². The van der Waals surface area contributed by atoms with Gasteiger partial charge in [0.25, 0.3) is 0 Å². The van der Waals surface area contributed by atoms with Gasteiger partial charge in [0.05, 0.1) is 22.1 Å². The lowest BCUT2D eigenvalue weighted by Gasteiger charge is -2.27. The second-order valence-electron chi connectivity index (χ2n) is 26.7. The summed E-state index contributed by atoms with van der Waals surface area (Å²) in [4.78, 5) is 9.36. The van der Waals surface area contributed by atoms with Gasteiger partial charge in [-0.1, -0.05) is 232 Å². The molecule has 0 aliphatic carbocycles. The highest BCUT2D eigenvalue weighted by Crippen LogP contribution is 2.45. The summed E-state index contributed by atoms with van der Waals surface area (Å²) in [6.07, 6.45) is 3.78. The van der Waals surface area contributed by atoms with Gasteiger partial charge in [0.15, 0.2) is 0 Å². The molecule has 0 aliphatic rings. The highest BCUT2D eigenvalue weighted by molar-refractivity contribution is 6.12. The van der Waals surface area contributed by atoms with Gasteiger partial charge in [0.2, 0.25) is 0 Å². The lowest BCUT2D eigenvalue weighted by molar-refractivity contribution is 1.18. The van der Waals surface area contributed by atoms with E-state index in [-0.39, 0.29) is 0 Å². The van der Waals surface area contributed by atoms with Gasteiger partial charge < -0.3 is 28.7 Å². The van der Waals surface area contributed by atoms with Crippen molar-refractivity contribution in [3.63, 3.8) is 0 Å². The van der Waals surface area contributed by atoms with E-state index in [2.05, 4.69) is 442 Å². The molecule has 0 bridgehead atoms. The summed E-state index contributed by atoms with van der Waals surface area (Å²) in [5.41, 5.74) is 28.9. The second-order valence-corrected chi connectivity index (χ2v) is 26.7. The van der Waals surface area contributed by atoms with E-state index < -0.39 is 0 Å². The monoisotopic (exact) mass is 1360 g/mol. The molecule has 106 heavy (non-hydrogen) atoms. The zero-order valence-electron chi connectivity index (χ0n) is 58.4. The van der Waals surface area contributed by atoms with Crippen LogP contribution in [0.25, 0.3) is 101 Å². The minimum atomic E-state index is 1.07. The Kier molecular flexibility index (Phi) is 16.9. The molecule has 2 heterocycles. The van der Waals surface area contributed by atoms with Gasteiger partial charge in [-0.2, -0.15) is 0 Å². The van der Waals surface area contributed by atoms with Crippen LogP contribution in [0.3, 0.4) is 0 Å². The molecule has 0 radical (unpaired) electrons. The summed E-state index contributed by atoms with van der Waals surface area (Å²) in [6, 6.07) is 145. The first kappa shape index (κ1) is 63.9. The minimum Gasteiger partial charge on any atom is -0.311 e. The van der Waals surface area contributed by atoms with E-state index in [1.165, 1.54) is 32.6 Å². The van der Waals surface area contributed by atoms with E-state index >= 15 is 0 Å². The van der Waals surface area contributed by atoms with Crippen molar-refractivity contribution in [2.75, 3.05) is 19.6 Å². The number of fused-ring (bicyclic) bond motifs is 6. The average Bonchev–Trinajstić information content (AvgIpc) is 1.60. The molecule has 0 atom stereocenters. The SMILES string of the molecule is C=Cc1ccc(-n2c3ccccc3c3cc(N(c4ccccc4)c4ccc(-c5ccc(N(c6ccccc6)c6ccc(-c7ccc(N(c8ccccc8)c8ccc(-c9ccc(N(c%10ccccc%10)c%10ccc%11c(c%10)c%10ccccc%10n%11-c%10ccc(C=C)cc%10)cc9)cc8)cc7)cc6)cc5)cc4)ccc32)cc1. The van der Waals surface area contributed by atoms with Crippen LogP contribution in [0, 0.1) is 0 Å². The topological polar surface area (TPSA) is 22.8 Å². The van der Waals surface area contributed by atoms with Gasteiger partial charge in [-0.15, -0.1) is 0 Å². The quantitative estimate of drug-likeness (QED) is 0.0805. The summed E-state index contributed by atoms with van der Waals surface area (Å²) >= 11 is 0. The predicted molar refractivity (Wildman–Crippen MR) is 450 cm³/mol. The number of nitrogens with zero attached hydrogens (tertiary/aromatic N) is 6. The van der Waals surface area contributed by atoms with Crippen LogP contribution in [0.4, 0.5) is 68.2 Å². The fourth-order valence-electron chi connectivity index (χ4n) is 15.2. The molecule has 16 aromatic carbocycles. The maximum atomic E-state index is 3.98. The fraction of sp³-hybridized carbons (Fsp3) is 0. The summed E-state index contributed by atoms with van der Waals surface area (Å²) in [5, 5.41) is 4.81. The Labute approximate surface area is 618 Å². The van der Waals surface area contributed by atoms with Crippen molar-refractivity contribution in [3.8, 4) is 44.8 Å². The number of para-hydroxylation sites is 6.